The SMILES string of the molecule is CCOC(=O)c1c(C)oc2nc(CSc3nnc(-c4cccs4)o3)nc(N)c12. The molecule has 28 heavy (non-hydrogen) atoms. The number of furan rings is 1. The van der Waals surface area contributed by atoms with Gasteiger partial charge in [-0.15, -0.1) is 21.5 Å². The second-order valence-electron chi connectivity index (χ2n) is 5.60. The maximum Gasteiger partial charge on any atom is 0.342 e. The van der Waals surface area contributed by atoms with E-state index in [1.165, 1.54) is 23.1 Å². The van der Waals surface area contributed by atoms with E-state index in [1.54, 1.807) is 13.8 Å². The van der Waals surface area contributed by atoms with Gasteiger partial charge in [0.05, 0.1) is 22.6 Å². The molecule has 0 aliphatic carbocycles. The zero-order valence-corrected chi connectivity index (χ0v) is 16.6. The minimum Gasteiger partial charge on any atom is -0.462 e. The Hall–Kier alpha value is -2.92. The van der Waals surface area contributed by atoms with Crippen LogP contribution < -0.4 is 5.73 Å². The van der Waals surface area contributed by atoms with Crippen LogP contribution in [0.15, 0.2) is 31.6 Å². The van der Waals surface area contributed by atoms with Gasteiger partial charge in [-0.05, 0) is 25.3 Å². The Kier molecular flexibility index (Phi) is 5.01. The molecular weight excluding hydrogens is 402 g/mol. The summed E-state index contributed by atoms with van der Waals surface area (Å²) in [6, 6.07) is 3.82. The molecule has 0 spiro atoms. The number of hydrogen-bond donors (Lipinski definition) is 1. The van der Waals surface area contributed by atoms with Gasteiger partial charge in [0.15, 0.2) is 0 Å². The predicted molar refractivity (Wildman–Crippen MR) is 104 cm³/mol. The molecule has 144 valence electrons. The molecule has 4 heterocycles. The predicted octanol–water partition coefficient (Wildman–Crippen LogP) is 3.69. The van der Waals surface area contributed by atoms with Crippen LogP contribution in [0.25, 0.3) is 21.9 Å². The van der Waals surface area contributed by atoms with Crippen LogP contribution in [0.1, 0.15) is 28.9 Å². The number of nitrogens with two attached hydrogens (primary N) is 1. The third kappa shape index (κ3) is 3.45. The molecule has 2 N–H and O–H groups in total. The number of fused-ring (bicyclic) bond motifs is 1. The fraction of sp³-hybridized carbons (Fsp3) is 0.235. The van der Waals surface area contributed by atoms with Gasteiger partial charge < -0.3 is 19.3 Å². The molecule has 0 saturated heterocycles. The lowest BCUT2D eigenvalue weighted by Crippen LogP contribution is -2.07. The lowest BCUT2D eigenvalue weighted by Gasteiger charge is -2.03. The molecule has 0 aliphatic heterocycles. The molecule has 9 nitrogen and oxygen atoms in total. The molecule has 4 rings (SSSR count). The van der Waals surface area contributed by atoms with Crippen molar-refractivity contribution in [3.63, 3.8) is 0 Å². The fourth-order valence-corrected chi connectivity index (χ4v) is 3.85. The Labute approximate surface area is 167 Å². The van der Waals surface area contributed by atoms with Gasteiger partial charge in [-0.3, -0.25) is 0 Å². The second kappa shape index (κ2) is 7.60. The summed E-state index contributed by atoms with van der Waals surface area (Å²) in [6.07, 6.45) is 0. The number of nitrogens with zero attached hydrogens (tertiary/aromatic N) is 4. The van der Waals surface area contributed by atoms with Gasteiger partial charge in [0.2, 0.25) is 5.71 Å². The summed E-state index contributed by atoms with van der Waals surface area (Å²) < 4.78 is 16.3. The van der Waals surface area contributed by atoms with Crippen LogP contribution in [-0.4, -0.2) is 32.7 Å². The molecule has 4 aromatic rings. The summed E-state index contributed by atoms with van der Waals surface area (Å²) in [5.41, 5.74) is 6.56. The van der Waals surface area contributed by atoms with Crippen LogP contribution >= 0.6 is 23.1 Å². The highest BCUT2D eigenvalue weighted by Gasteiger charge is 2.24. The van der Waals surface area contributed by atoms with Gasteiger partial charge in [0.1, 0.15) is 23.0 Å². The van der Waals surface area contributed by atoms with Gasteiger partial charge in [-0.25, -0.2) is 9.78 Å². The molecule has 0 amide bonds. The minimum atomic E-state index is -0.511. The van der Waals surface area contributed by atoms with Crippen LogP contribution in [-0.2, 0) is 10.5 Å². The van der Waals surface area contributed by atoms with Crippen LogP contribution in [0, 0.1) is 6.92 Å². The molecule has 0 saturated carbocycles. The number of anilines is 1. The number of hydrogen-bond acceptors (Lipinski definition) is 11. The standard InChI is InChI=1S/C17H15N5O4S2/c1-3-24-16(23)11-8(2)25-15-12(11)13(18)19-10(20-15)7-28-17-22-21-14(26-17)9-5-4-6-27-9/h4-6H,3,7H2,1-2H3,(H2,18,19,20). The number of aromatic nitrogens is 4. The molecule has 0 unspecified atom stereocenters. The molecule has 4 aromatic heterocycles. The van der Waals surface area contributed by atoms with Crippen LogP contribution in [0.3, 0.4) is 0 Å². The number of rotatable bonds is 6. The van der Waals surface area contributed by atoms with Crippen LogP contribution in [0.2, 0.25) is 0 Å². The number of esters is 1. The monoisotopic (exact) mass is 417 g/mol. The summed E-state index contributed by atoms with van der Waals surface area (Å²) in [7, 11) is 0. The normalized spacial score (nSPS) is 11.2. The Balaban J connectivity index is 1.56. The van der Waals surface area contributed by atoms with Crippen molar-refractivity contribution < 1.29 is 18.4 Å². The first kappa shape index (κ1) is 18.4. The molecular formula is C17H15N5O4S2. The van der Waals surface area contributed by atoms with Crippen molar-refractivity contribution in [1.82, 2.24) is 20.2 Å². The topological polar surface area (TPSA) is 130 Å². The van der Waals surface area contributed by atoms with Crippen molar-refractivity contribution in [3.05, 3.63) is 34.7 Å². The number of carbonyl (C=O) groups is 1. The van der Waals surface area contributed by atoms with E-state index in [0.29, 0.717) is 33.8 Å². The van der Waals surface area contributed by atoms with Crippen molar-refractivity contribution in [2.75, 3.05) is 12.3 Å². The first-order valence-corrected chi connectivity index (χ1v) is 10.2. The maximum absolute atomic E-state index is 12.2. The van der Waals surface area contributed by atoms with E-state index in [2.05, 4.69) is 20.2 Å². The zero-order chi connectivity index (χ0) is 19.7. The number of thioether (sulfide) groups is 1. The molecule has 0 aliphatic rings. The van der Waals surface area contributed by atoms with E-state index in [-0.39, 0.29) is 23.7 Å². The van der Waals surface area contributed by atoms with Gasteiger partial charge >= 0.3 is 5.97 Å². The number of nitrogen functional groups attached to an aromatic ring is 1. The van der Waals surface area contributed by atoms with Crippen LogP contribution in [0.4, 0.5) is 5.82 Å². The lowest BCUT2D eigenvalue weighted by molar-refractivity contribution is 0.0526. The third-order valence-corrected chi connectivity index (χ3v) is 5.42. The average Bonchev–Trinajstić information content (AvgIpc) is 3.39. The highest BCUT2D eigenvalue weighted by molar-refractivity contribution is 7.98. The first-order chi connectivity index (χ1) is 13.6. The Morgan fingerprint density at radius 2 is 2.18 bits per heavy atom. The largest absolute Gasteiger partial charge is 0.462 e. The Morgan fingerprint density at radius 3 is 2.93 bits per heavy atom. The van der Waals surface area contributed by atoms with E-state index < -0.39 is 5.97 Å². The average molecular weight is 417 g/mol. The third-order valence-electron chi connectivity index (χ3n) is 3.74. The summed E-state index contributed by atoms with van der Waals surface area (Å²) in [5.74, 6) is 1.27. The van der Waals surface area contributed by atoms with Crippen molar-refractivity contribution >= 4 is 46.0 Å². The molecule has 0 fully saturated rings. The summed E-state index contributed by atoms with van der Waals surface area (Å²) in [5, 5.41) is 10.7. The van der Waals surface area contributed by atoms with Crippen molar-refractivity contribution in [3.8, 4) is 10.8 Å². The molecule has 0 bridgehead atoms. The number of thiophene rings is 1. The van der Waals surface area contributed by atoms with Gasteiger partial charge in [0.25, 0.3) is 11.1 Å². The maximum atomic E-state index is 12.2. The van der Waals surface area contributed by atoms with Crippen LogP contribution in [0.5, 0.6) is 0 Å². The number of carbonyl (C=O) groups excluding carboxylic acids is 1. The smallest absolute Gasteiger partial charge is 0.342 e. The van der Waals surface area contributed by atoms with Crippen molar-refractivity contribution in [2.45, 2.75) is 24.8 Å². The summed E-state index contributed by atoms with van der Waals surface area (Å²) in [6.45, 7) is 3.64. The quantitative estimate of drug-likeness (QED) is 0.366. The second-order valence-corrected chi connectivity index (χ2v) is 7.47. The first-order valence-electron chi connectivity index (χ1n) is 8.29. The van der Waals surface area contributed by atoms with Gasteiger partial charge in [0, 0.05) is 0 Å². The van der Waals surface area contributed by atoms with Gasteiger partial charge in [-0.1, -0.05) is 17.8 Å². The van der Waals surface area contributed by atoms with E-state index in [4.69, 9.17) is 19.3 Å². The molecule has 0 aromatic carbocycles. The van der Waals surface area contributed by atoms with Gasteiger partial charge in [-0.2, -0.15) is 4.98 Å². The summed E-state index contributed by atoms with van der Waals surface area (Å²) in [4.78, 5) is 21.7. The zero-order valence-electron chi connectivity index (χ0n) is 15.0. The fourth-order valence-electron chi connectivity index (χ4n) is 2.59. The Morgan fingerprint density at radius 1 is 1.32 bits per heavy atom. The summed E-state index contributed by atoms with van der Waals surface area (Å²) >= 11 is 2.80. The lowest BCUT2D eigenvalue weighted by atomic mass is 10.2. The van der Waals surface area contributed by atoms with E-state index in [0.717, 1.165) is 4.88 Å². The Bertz CT molecular complexity index is 1140. The van der Waals surface area contributed by atoms with E-state index in [9.17, 15) is 4.79 Å². The van der Waals surface area contributed by atoms with E-state index >= 15 is 0 Å². The molecule has 11 heteroatoms. The number of ether oxygens (including phenoxy) is 1. The van der Waals surface area contributed by atoms with Crippen molar-refractivity contribution in [1.29, 1.82) is 0 Å². The highest BCUT2D eigenvalue weighted by atomic mass is 32.2. The number of aryl methyl sites for hydroxylation is 1. The molecule has 0 radical (unpaired) electrons. The van der Waals surface area contributed by atoms with Crippen molar-refractivity contribution in [2.24, 2.45) is 0 Å². The highest BCUT2D eigenvalue weighted by Crippen LogP contribution is 2.31. The van der Waals surface area contributed by atoms with E-state index in [1.807, 2.05) is 17.5 Å². The minimum absolute atomic E-state index is 0.158. The molecule has 0 atom stereocenters.